The van der Waals surface area contributed by atoms with Crippen LogP contribution in [0.2, 0.25) is 0 Å². The van der Waals surface area contributed by atoms with Crippen molar-refractivity contribution in [2.75, 3.05) is 13.9 Å². The Morgan fingerprint density at radius 2 is 1.03 bits per heavy atom. The van der Waals surface area contributed by atoms with Crippen LogP contribution in [-0.2, 0) is 9.47 Å². The Hall–Kier alpha value is -0.920. The second-order valence-corrected chi connectivity index (χ2v) is 8.81. The molecule has 2 saturated carbocycles. The molecule has 32 heavy (non-hydrogen) atoms. The summed E-state index contributed by atoms with van der Waals surface area (Å²) in [5.41, 5.74) is -10.1. The number of halogens is 12. The van der Waals surface area contributed by atoms with Gasteiger partial charge in [-0.1, -0.05) is 13.8 Å². The summed E-state index contributed by atoms with van der Waals surface area (Å²) < 4.78 is 176. The molecule has 6 atom stereocenters. The molecule has 0 radical (unpaired) electrons. The fraction of sp³-hybridized carbons (Fsp3) is 1.00. The van der Waals surface area contributed by atoms with E-state index in [4.69, 9.17) is 0 Å². The Bertz CT molecular complexity index is 649. The van der Waals surface area contributed by atoms with Crippen LogP contribution < -0.4 is 0 Å². The third-order valence-corrected chi connectivity index (χ3v) is 7.59. The van der Waals surface area contributed by atoms with Gasteiger partial charge in [-0.3, -0.25) is 0 Å². The van der Waals surface area contributed by atoms with Gasteiger partial charge in [-0.15, -0.1) is 0 Å². The molecule has 2 aliphatic rings. The molecule has 0 saturated heterocycles. The number of ether oxygens (including phenoxy) is 2. The van der Waals surface area contributed by atoms with Crippen LogP contribution in [0, 0.1) is 40.9 Å². The Balaban J connectivity index is 2.92. The second-order valence-electron chi connectivity index (χ2n) is 8.81. The van der Waals surface area contributed by atoms with Gasteiger partial charge in [0.2, 0.25) is 0 Å². The maximum Gasteiger partial charge on any atom is 0.426 e. The van der Waals surface area contributed by atoms with Crippen LogP contribution >= 0.6 is 0 Å². The molecule has 0 amide bonds. The number of alkyl halides is 12. The van der Waals surface area contributed by atoms with Crippen molar-refractivity contribution < 1.29 is 62.2 Å². The Morgan fingerprint density at radius 1 is 0.656 bits per heavy atom. The van der Waals surface area contributed by atoms with Crippen LogP contribution in [0.4, 0.5) is 52.7 Å². The minimum absolute atomic E-state index is 0.365. The van der Waals surface area contributed by atoms with Crippen LogP contribution in [-0.4, -0.2) is 44.2 Å². The van der Waals surface area contributed by atoms with Gasteiger partial charge in [0.15, 0.2) is 5.41 Å². The molecular weight excluding hydrogens is 476 g/mol. The molecule has 2 nitrogen and oxygen atoms in total. The smallest absolute Gasteiger partial charge is 0.359 e. The van der Waals surface area contributed by atoms with E-state index >= 15 is 0 Å². The van der Waals surface area contributed by atoms with Crippen LogP contribution in [0.1, 0.15) is 27.2 Å². The molecule has 2 fully saturated rings. The van der Waals surface area contributed by atoms with Crippen LogP contribution in [0.5, 0.6) is 0 Å². The fourth-order valence-corrected chi connectivity index (χ4v) is 5.83. The molecule has 0 aromatic heterocycles. The van der Waals surface area contributed by atoms with Gasteiger partial charge < -0.3 is 9.47 Å². The molecule has 14 heteroatoms. The molecule has 0 aliphatic heterocycles. The van der Waals surface area contributed by atoms with Crippen molar-refractivity contribution in [3.05, 3.63) is 0 Å². The van der Waals surface area contributed by atoms with Gasteiger partial charge in [-0.05, 0) is 42.9 Å². The predicted molar refractivity (Wildman–Crippen MR) is 84.9 cm³/mol. The van der Waals surface area contributed by atoms with E-state index in [2.05, 4.69) is 9.47 Å². The summed E-state index contributed by atoms with van der Waals surface area (Å²) in [6, 6.07) is 0. The first-order valence-electron chi connectivity index (χ1n) is 9.51. The van der Waals surface area contributed by atoms with Crippen LogP contribution in [0.15, 0.2) is 0 Å². The van der Waals surface area contributed by atoms with Crippen molar-refractivity contribution in [2.24, 2.45) is 40.9 Å². The first-order chi connectivity index (χ1) is 14.1. The van der Waals surface area contributed by atoms with Crippen molar-refractivity contribution in [1.82, 2.24) is 0 Å². The quantitative estimate of drug-likeness (QED) is 0.308. The summed E-state index contributed by atoms with van der Waals surface area (Å²) in [6.45, 7) is 0.463. The summed E-state index contributed by atoms with van der Waals surface area (Å²) in [6.07, 6.45) is -25.8. The molecule has 2 rings (SSSR count). The third kappa shape index (κ3) is 3.58. The predicted octanol–water partition coefficient (Wildman–Crippen LogP) is 6.76. The topological polar surface area (TPSA) is 18.5 Å². The molecule has 6 unspecified atom stereocenters. The number of fused-ring (bicyclic) bond motifs is 2. The maximum absolute atomic E-state index is 14.1. The second kappa shape index (κ2) is 7.81. The van der Waals surface area contributed by atoms with Crippen LogP contribution in [0.25, 0.3) is 0 Å². The minimum atomic E-state index is -6.38. The van der Waals surface area contributed by atoms with Crippen molar-refractivity contribution in [3.8, 4) is 0 Å². The van der Waals surface area contributed by atoms with Gasteiger partial charge in [-0.2, -0.15) is 52.7 Å². The average molecular weight is 498 g/mol. The zero-order chi connectivity index (χ0) is 25.3. The molecule has 0 spiro atoms. The van der Waals surface area contributed by atoms with Crippen LogP contribution in [0.3, 0.4) is 0 Å². The SMILES string of the molecule is COCOC(C1C2CC(C(C)C2C)C1C(C)(C(F)(F)F)C(F)(F)F)(C(F)(F)F)C(F)(F)F. The molecule has 0 heterocycles. The summed E-state index contributed by atoms with van der Waals surface area (Å²) in [5, 5.41) is 0. The summed E-state index contributed by atoms with van der Waals surface area (Å²) >= 11 is 0. The summed E-state index contributed by atoms with van der Waals surface area (Å²) in [4.78, 5) is 0. The normalized spacial score (nSPS) is 32.6. The number of methoxy groups -OCH3 is 1. The van der Waals surface area contributed by atoms with E-state index in [9.17, 15) is 52.7 Å². The van der Waals surface area contributed by atoms with E-state index in [1.165, 1.54) is 13.8 Å². The van der Waals surface area contributed by atoms with Gasteiger partial charge in [0.25, 0.3) is 5.60 Å². The van der Waals surface area contributed by atoms with Crippen molar-refractivity contribution in [3.63, 3.8) is 0 Å². The molecule has 0 N–H and O–H groups in total. The Labute approximate surface area is 175 Å². The summed E-state index contributed by atoms with van der Waals surface area (Å²) in [7, 11) is 0.677. The van der Waals surface area contributed by atoms with E-state index in [1.54, 1.807) is 0 Å². The first kappa shape index (κ1) is 27.3. The average Bonchev–Trinajstić information content (AvgIpc) is 3.08. The fourth-order valence-electron chi connectivity index (χ4n) is 5.83. The Morgan fingerprint density at radius 3 is 1.34 bits per heavy atom. The highest BCUT2D eigenvalue weighted by molar-refractivity contribution is 5.18. The maximum atomic E-state index is 14.1. The van der Waals surface area contributed by atoms with Gasteiger partial charge in [0.1, 0.15) is 6.79 Å². The van der Waals surface area contributed by atoms with E-state index in [1.807, 2.05) is 0 Å². The highest BCUT2D eigenvalue weighted by atomic mass is 19.4. The molecule has 2 bridgehead atoms. The molecule has 2 aliphatic carbocycles. The van der Waals surface area contributed by atoms with Crippen molar-refractivity contribution in [2.45, 2.75) is 57.5 Å². The van der Waals surface area contributed by atoms with E-state index in [0.29, 0.717) is 7.11 Å². The van der Waals surface area contributed by atoms with Crippen molar-refractivity contribution >= 4 is 0 Å². The van der Waals surface area contributed by atoms with Gasteiger partial charge in [0.05, 0.1) is 0 Å². The van der Waals surface area contributed by atoms with E-state index in [-0.39, 0.29) is 6.92 Å². The van der Waals surface area contributed by atoms with Gasteiger partial charge in [-0.25, -0.2) is 0 Å². The minimum Gasteiger partial charge on any atom is -0.359 e. The Kier molecular flexibility index (Phi) is 6.67. The third-order valence-electron chi connectivity index (χ3n) is 7.59. The summed E-state index contributed by atoms with van der Waals surface area (Å²) in [5.74, 6) is -11.7. The molecule has 0 aromatic rings. The lowest BCUT2D eigenvalue weighted by molar-refractivity contribution is -0.433. The molecule has 190 valence electrons. The lowest BCUT2D eigenvalue weighted by Gasteiger charge is -2.54. The largest absolute Gasteiger partial charge is 0.426 e. The number of rotatable bonds is 5. The van der Waals surface area contributed by atoms with Crippen molar-refractivity contribution in [1.29, 1.82) is 0 Å². The molecular formula is C18H22F12O2. The van der Waals surface area contributed by atoms with Gasteiger partial charge >= 0.3 is 24.7 Å². The zero-order valence-electron chi connectivity index (χ0n) is 17.2. The van der Waals surface area contributed by atoms with E-state index < -0.39 is 84.4 Å². The van der Waals surface area contributed by atoms with E-state index in [0.717, 1.165) is 0 Å². The first-order valence-corrected chi connectivity index (χ1v) is 9.51. The zero-order valence-corrected chi connectivity index (χ0v) is 17.2. The van der Waals surface area contributed by atoms with Gasteiger partial charge in [0, 0.05) is 13.0 Å². The number of hydrogen-bond donors (Lipinski definition) is 0. The highest BCUT2D eigenvalue weighted by Crippen LogP contribution is 2.73. The molecule has 0 aromatic carbocycles. The highest BCUT2D eigenvalue weighted by Gasteiger charge is 2.85. The lowest BCUT2D eigenvalue weighted by Crippen LogP contribution is -2.70. The monoisotopic (exact) mass is 498 g/mol. The standard InChI is InChI=1S/C18H22F12O2/c1-7-8(2)10-5-9(7)11(13(3,15(19,20)21)16(22,23)24)12(10)14(17(25,26)27,18(28,29)30)32-6-31-4/h7-12H,5-6H2,1-4H3. The number of hydrogen-bond acceptors (Lipinski definition) is 2. The lowest BCUT2D eigenvalue weighted by atomic mass is 9.55.